The molecule has 1 aliphatic rings. The van der Waals surface area contributed by atoms with Gasteiger partial charge in [-0.05, 0) is 24.3 Å². The number of aromatic nitrogens is 2. The number of nitrogens with one attached hydrogen (secondary N) is 1. The van der Waals surface area contributed by atoms with E-state index in [1.54, 1.807) is 0 Å². The van der Waals surface area contributed by atoms with Gasteiger partial charge in [-0.2, -0.15) is 0 Å². The van der Waals surface area contributed by atoms with Gasteiger partial charge in [-0.15, -0.1) is 0 Å². The molecule has 5 nitrogen and oxygen atoms in total. The Morgan fingerprint density at radius 1 is 1.24 bits per heavy atom. The molecule has 0 unspecified atom stereocenters. The van der Waals surface area contributed by atoms with Gasteiger partial charge in [0.05, 0.1) is 16.6 Å². The minimum absolute atomic E-state index is 0.280. The number of carbonyl (C=O) groups excluding carboxylic acids is 1. The van der Waals surface area contributed by atoms with Crippen LogP contribution in [0, 0.1) is 5.82 Å². The van der Waals surface area contributed by atoms with Gasteiger partial charge in [0, 0.05) is 24.7 Å². The highest BCUT2D eigenvalue weighted by molar-refractivity contribution is 6.83. The first-order valence-electron chi connectivity index (χ1n) is 8.16. The summed E-state index contributed by atoms with van der Waals surface area (Å²) in [5.74, 6) is -0.0560. The van der Waals surface area contributed by atoms with Crippen LogP contribution in [0.5, 0.6) is 0 Å². The summed E-state index contributed by atoms with van der Waals surface area (Å²) in [6, 6.07) is 10.3. The third kappa shape index (κ3) is 2.65. The van der Waals surface area contributed by atoms with Gasteiger partial charge in [0.1, 0.15) is 11.6 Å². The number of imidazole rings is 1. The van der Waals surface area contributed by atoms with Crippen LogP contribution in [0.25, 0.3) is 22.4 Å². The van der Waals surface area contributed by atoms with Crippen molar-refractivity contribution in [1.29, 1.82) is 0 Å². The number of nitrogens with zero attached hydrogens (tertiary/aromatic N) is 2. The van der Waals surface area contributed by atoms with Crippen LogP contribution in [-0.2, 0) is 6.54 Å². The lowest BCUT2D eigenvalue weighted by atomic mass is 10.1. The summed E-state index contributed by atoms with van der Waals surface area (Å²) in [6.45, 7) is 4.76. The summed E-state index contributed by atoms with van der Waals surface area (Å²) in [4.78, 5) is 27.0. The van der Waals surface area contributed by atoms with E-state index in [0.717, 1.165) is 10.8 Å². The Hall–Kier alpha value is -2.51. The van der Waals surface area contributed by atoms with Gasteiger partial charge in [-0.25, -0.2) is 9.37 Å². The highest BCUT2D eigenvalue weighted by Gasteiger charge is 2.24. The maximum atomic E-state index is 13.9. The number of hydrogen-bond acceptors (Lipinski definition) is 3. The van der Waals surface area contributed by atoms with Crippen molar-refractivity contribution in [2.75, 3.05) is 6.54 Å². The molecule has 2 aromatic carbocycles. The molecular weight excluding hydrogens is 337 g/mol. The van der Waals surface area contributed by atoms with E-state index in [2.05, 4.69) is 10.3 Å². The lowest BCUT2D eigenvalue weighted by molar-refractivity contribution is 0.0956. The maximum Gasteiger partial charge on any atom is 0.253 e. The van der Waals surface area contributed by atoms with E-state index in [9.17, 15) is 14.0 Å². The Kier molecular flexibility index (Phi) is 3.52. The predicted octanol–water partition coefficient (Wildman–Crippen LogP) is 1.99. The van der Waals surface area contributed by atoms with Gasteiger partial charge in [-0.1, -0.05) is 24.3 Å². The minimum Gasteiger partial charge on any atom is -0.428 e. The Balaban J connectivity index is 1.92. The number of amides is 1. The molecule has 128 valence electrons. The number of carbonyl (C=O) groups is 1. The molecule has 0 saturated carbocycles. The Morgan fingerprint density at radius 2 is 1.96 bits per heavy atom. The van der Waals surface area contributed by atoms with Crippen LogP contribution in [0.4, 0.5) is 4.39 Å². The third-order valence-corrected chi connectivity index (χ3v) is 6.27. The van der Waals surface area contributed by atoms with Crippen LogP contribution >= 0.6 is 0 Å². The summed E-state index contributed by atoms with van der Waals surface area (Å²) in [5, 5.41) is 3.73. The third-order valence-electron chi connectivity index (χ3n) is 4.52. The van der Waals surface area contributed by atoms with Crippen LogP contribution in [-0.4, -0.2) is 35.1 Å². The molecule has 3 aromatic rings. The summed E-state index contributed by atoms with van der Waals surface area (Å²) < 4.78 is 15.8. The fourth-order valence-electron chi connectivity index (χ4n) is 3.25. The summed E-state index contributed by atoms with van der Waals surface area (Å²) >= 11 is 0. The normalized spacial score (nSPS) is 14.5. The van der Waals surface area contributed by atoms with Gasteiger partial charge >= 0.3 is 0 Å². The Labute approximate surface area is 145 Å². The molecule has 25 heavy (non-hydrogen) atoms. The fraction of sp³-hybridized carbons (Fsp3) is 0.222. The van der Waals surface area contributed by atoms with E-state index in [4.69, 9.17) is 0 Å². The quantitative estimate of drug-likeness (QED) is 0.691. The van der Waals surface area contributed by atoms with Crippen molar-refractivity contribution in [1.82, 2.24) is 14.9 Å². The predicted molar refractivity (Wildman–Crippen MR) is 96.8 cm³/mol. The maximum absolute atomic E-state index is 13.9. The summed E-state index contributed by atoms with van der Waals surface area (Å²) in [5.41, 5.74) is 2.32. The van der Waals surface area contributed by atoms with Crippen molar-refractivity contribution in [2.45, 2.75) is 19.6 Å². The number of halogens is 1. The first-order chi connectivity index (χ1) is 11.8. The van der Waals surface area contributed by atoms with E-state index >= 15 is 0 Å². The highest BCUT2D eigenvalue weighted by atomic mass is 28.4. The SMILES string of the molecule is C[Si](C)(O)c1ccc(-c2nc3cc(F)cc4c3n2CCNC4=O)cc1. The molecule has 0 atom stereocenters. The van der Waals surface area contributed by atoms with Gasteiger partial charge in [0.25, 0.3) is 5.91 Å². The van der Waals surface area contributed by atoms with Crippen molar-refractivity contribution in [3.63, 3.8) is 0 Å². The van der Waals surface area contributed by atoms with Gasteiger partial charge in [0.2, 0.25) is 8.32 Å². The van der Waals surface area contributed by atoms with Crippen LogP contribution in [0.1, 0.15) is 10.4 Å². The molecule has 7 heteroatoms. The zero-order valence-corrected chi connectivity index (χ0v) is 15.0. The zero-order valence-electron chi connectivity index (χ0n) is 14.0. The molecule has 1 aliphatic heterocycles. The van der Waals surface area contributed by atoms with E-state index in [-0.39, 0.29) is 5.91 Å². The Bertz CT molecular complexity index is 990. The first kappa shape index (κ1) is 16.0. The Morgan fingerprint density at radius 3 is 2.64 bits per heavy atom. The average Bonchev–Trinajstić information content (AvgIpc) is 2.82. The van der Waals surface area contributed by atoms with Crippen molar-refractivity contribution in [3.8, 4) is 11.4 Å². The standard InChI is InChI=1S/C18H18FN3O2Si/c1-25(2,24)13-5-3-11(4-6-13)17-21-15-10-12(19)9-14-16(15)22(17)8-7-20-18(14)23/h3-6,9-10,24H,7-8H2,1-2H3,(H,20,23). The zero-order chi connectivity index (χ0) is 17.8. The molecule has 0 radical (unpaired) electrons. The largest absolute Gasteiger partial charge is 0.428 e. The lowest BCUT2D eigenvalue weighted by Crippen LogP contribution is -2.41. The number of hydrogen-bond donors (Lipinski definition) is 2. The van der Waals surface area contributed by atoms with Crippen molar-refractivity contribution in [3.05, 3.63) is 47.8 Å². The van der Waals surface area contributed by atoms with E-state index in [0.29, 0.717) is 35.5 Å². The molecule has 2 heterocycles. The average molecular weight is 355 g/mol. The summed E-state index contributed by atoms with van der Waals surface area (Å²) in [6.07, 6.45) is 0. The molecule has 0 saturated heterocycles. The van der Waals surface area contributed by atoms with Gasteiger partial charge in [-0.3, -0.25) is 4.79 Å². The number of rotatable bonds is 2. The monoisotopic (exact) mass is 355 g/mol. The van der Waals surface area contributed by atoms with E-state index in [1.807, 2.05) is 41.9 Å². The molecule has 2 N–H and O–H groups in total. The second-order valence-corrected chi connectivity index (χ2v) is 10.5. The number of benzene rings is 2. The second-order valence-electron chi connectivity index (χ2n) is 6.80. The van der Waals surface area contributed by atoms with Crippen LogP contribution in [0.3, 0.4) is 0 Å². The smallest absolute Gasteiger partial charge is 0.253 e. The van der Waals surface area contributed by atoms with Crippen LogP contribution < -0.4 is 10.5 Å². The molecule has 4 rings (SSSR count). The lowest BCUT2D eigenvalue weighted by Gasteiger charge is -2.15. The topological polar surface area (TPSA) is 67.2 Å². The van der Waals surface area contributed by atoms with Crippen molar-refractivity contribution in [2.24, 2.45) is 0 Å². The molecule has 1 aromatic heterocycles. The van der Waals surface area contributed by atoms with E-state index in [1.165, 1.54) is 12.1 Å². The molecule has 0 aliphatic carbocycles. The van der Waals surface area contributed by atoms with Crippen LogP contribution in [0.15, 0.2) is 36.4 Å². The van der Waals surface area contributed by atoms with Gasteiger partial charge < -0.3 is 14.7 Å². The van der Waals surface area contributed by atoms with Crippen LogP contribution in [0.2, 0.25) is 13.1 Å². The van der Waals surface area contributed by atoms with E-state index < -0.39 is 14.1 Å². The first-order valence-corrected chi connectivity index (χ1v) is 11.1. The molecule has 0 spiro atoms. The summed E-state index contributed by atoms with van der Waals surface area (Å²) in [7, 11) is -2.36. The molecule has 1 amide bonds. The minimum atomic E-state index is -2.36. The van der Waals surface area contributed by atoms with Crippen molar-refractivity contribution >= 4 is 30.4 Å². The molecular formula is C18H18FN3O2Si. The fourth-order valence-corrected chi connectivity index (χ4v) is 4.23. The van der Waals surface area contributed by atoms with Crippen molar-refractivity contribution < 1.29 is 14.0 Å². The molecule has 0 bridgehead atoms. The molecule has 0 fully saturated rings. The second kappa shape index (κ2) is 5.50. The highest BCUT2D eigenvalue weighted by Crippen LogP contribution is 2.29. The van der Waals surface area contributed by atoms with Gasteiger partial charge in [0.15, 0.2) is 0 Å².